The molecule has 0 radical (unpaired) electrons. The third-order valence-electron chi connectivity index (χ3n) is 4.99. The average Bonchev–Trinajstić information content (AvgIpc) is 3.12. The Labute approximate surface area is 175 Å². The maximum atomic E-state index is 11.3. The third-order valence-corrected chi connectivity index (χ3v) is 5.33. The molecule has 0 fully saturated rings. The lowest BCUT2D eigenvalue weighted by Gasteiger charge is -2.15. The molecule has 0 aliphatic heterocycles. The highest BCUT2D eigenvalue weighted by Crippen LogP contribution is 2.44. The summed E-state index contributed by atoms with van der Waals surface area (Å²) in [5.74, 6) is 0.430. The second-order valence-corrected chi connectivity index (χ2v) is 8.44. The fourth-order valence-corrected chi connectivity index (χ4v) is 4.01. The first-order valence-corrected chi connectivity index (χ1v) is 11.0. The van der Waals surface area contributed by atoms with Crippen LogP contribution >= 0.6 is 0 Å². The molecule has 0 heterocycles. The Balaban J connectivity index is 1.87. The quantitative estimate of drug-likeness (QED) is 0.359. The number of hydrogen-bond acceptors (Lipinski definition) is 6. The van der Waals surface area contributed by atoms with Crippen LogP contribution in [0, 0.1) is 11.3 Å². The Kier molecular flexibility index (Phi) is 5.02. The number of hydrogen-bond donors (Lipinski definition) is 0. The van der Waals surface area contributed by atoms with Crippen LogP contribution in [-0.4, -0.2) is 27.5 Å². The number of methoxy groups -OCH3 is 1. The summed E-state index contributed by atoms with van der Waals surface area (Å²) in [5, 5.41) is 13.0. The van der Waals surface area contributed by atoms with Gasteiger partial charge in [-0.2, -0.15) is 13.7 Å². The van der Waals surface area contributed by atoms with E-state index in [1.165, 1.54) is 29.4 Å². The van der Waals surface area contributed by atoms with Gasteiger partial charge in [0.2, 0.25) is 0 Å². The molecule has 3 aromatic rings. The number of rotatable bonds is 5. The van der Waals surface area contributed by atoms with Gasteiger partial charge in [-0.15, -0.1) is 0 Å². The average molecular weight is 418 g/mol. The molecule has 0 saturated heterocycles. The van der Waals surface area contributed by atoms with E-state index in [1.807, 2.05) is 36.4 Å². The lowest BCUT2D eigenvalue weighted by molar-refractivity contribution is 0.343. The molecule has 30 heavy (non-hydrogen) atoms. The zero-order valence-corrected chi connectivity index (χ0v) is 17.2. The molecule has 3 aromatic carbocycles. The zero-order valence-electron chi connectivity index (χ0n) is 16.4. The second-order valence-electron chi connectivity index (χ2n) is 6.88. The fraction of sp³-hybridized carbons (Fsp3) is 0.130. The highest BCUT2D eigenvalue weighted by Gasteiger charge is 2.24. The zero-order chi connectivity index (χ0) is 21.3. The summed E-state index contributed by atoms with van der Waals surface area (Å²) in [6.07, 6.45) is 1.66. The molecule has 1 aliphatic carbocycles. The van der Waals surface area contributed by atoms with Gasteiger partial charge in [0.15, 0.2) is 5.71 Å². The van der Waals surface area contributed by atoms with Crippen molar-refractivity contribution in [2.24, 2.45) is 5.16 Å². The number of ether oxygens (including phenoxy) is 1. The Morgan fingerprint density at radius 3 is 2.30 bits per heavy atom. The van der Waals surface area contributed by atoms with Crippen molar-refractivity contribution in [2.75, 3.05) is 13.4 Å². The van der Waals surface area contributed by atoms with E-state index >= 15 is 0 Å². The van der Waals surface area contributed by atoms with E-state index in [2.05, 4.69) is 27.6 Å². The summed E-state index contributed by atoms with van der Waals surface area (Å²) in [6, 6.07) is 21.6. The molecule has 0 spiro atoms. The summed E-state index contributed by atoms with van der Waals surface area (Å²) in [7, 11) is -2.33. The largest absolute Gasteiger partial charge is 0.495 e. The molecule has 0 atom stereocenters. The molecule has 1 aliphatic rings. The van der Waals surface area contributed by atoms with E-state index in [0.29, 0.717) is 11.3 Å². The molecule has 0 amide bonds. The van der Waals surface area contributed by atoms with Gasteiger partial charge in [-0.3, -0.25) is 4.28 Å². The van der Waals surface area contributed by atoms with Gasteiger partial charge >= 0.3 is 10.1 Å². The molecule has 0 aromatic heterocycles. The first-order valence-electron chi connectivity index (χ1n) is 9.17. The number of nitriles is 1. The van der Waals surface area contributed by atoms with Crippen LogP contribution in [0.1, 0.15) is 16.7 Å². The van der Waals surface area contributed by atoms with Crippen molar-refractivity contribution in [3.63, 3.8) is 0 Å². The summed E-state index contributed by atoms with van der Waals surface area (Å²) in [6.45, 7) is 0. The molecule has 0 unspecified atom stereocenters. The summed E-state index contributed by atoms with van der Waals surface area (Å²) >= 11 is 0. The number of nitrogens with zero attached hydrogens (tertiary/aromatic N) is 2. The van der Waals surface area contributed by atoms with Crippen molar-refractivity contribution in [1.82, 2.24) is 0 Å². The predicted octanol–water partition coefficient (Wildman–Crippen LogP) is 4.14. The van der Waals surface area contributed by atoms with Crippen LogP contribution < -0.4 is 4.74 Å². The van der Waals surface area contributed by atoms with Crippen LogP contribution in [0.15, 0.2) is 65.8 Å². The minimum Gasteiger partial charge on any atom is -0.495 e. The van der Waals surface area contributed by atoms with Gasteiger partial charge in [0.1, 0.15) is 11.8 Å². The first-order chi connectivity index (χ1) is 14.4. The molecule has 0 N–H and O–H groups in total. The van der Waals surface area contributed by atoms with E-state index in [9.17, 15) is 13.7 Å². The van der Waals surface area contributed by atoms with E-state index < -0.39 is 10.1 Å². The Morgan fingerprint density at radius 2 is 1.60 bits per heavy atom. The topological polar surface area (TPSA) is 88.8 Å². The monoisotopic (exact) mass is 418 g/mol. The predicted molar refractivity (Wildman–Crippen MR) is 115 cm³/mol. The van der Waals surface area contributed by atoms with Crippen molar-refractivity contribution < 1.29 is 17.4 Å². The van der Waals surface area contributed by atoms with Gasteiger partial charge in [0.25, 0.3) is 0 Å². The highest BCUT2D eigenvalue weighted by atomic mass is 32.2. The normalized spacial score (nSPS) is 12.6. The third kappa shape index (κ3) is 3.53. The van der Waals surface area contributed by atoms with Gasteiger partial charge in [0, 0.05) is 5.56 Å². The molecule has 0 bridgehead atoms. The molecular weight excluding hydrogens is 400 g/mol. The van der Waals surface area contributed by atoms with Gasteiger partial charge < -0.3 is 4.74 Å². The SMILES string of the molecule is COc1c(C(C#N)=NOS(C)(=O)=O)cccc1-c1cccc2c1Cc1ccccc1-2. The van der Waals surface area contributed by atoms with Crippen LogP contribution in [0.3, 0.4) is 0 Å². The number of fused-ring (bicyclic) bond motifs is 3. The van der Waals surface area contributed by atoms with Gasteiger partial charge in [-0.05, 0) is 40.3 Å². The standard InChI is InChI=1S/C23H18N2O4S/c1-28-23-19(11-6-12-20(23)22(14-24)25-29-30(2,26)27)18-10-5-9-17-16-8-4-3-7-15(16)13-21(17)18/h3-12H,13H2,1-2H3. The van der Waals surface area contributed by atoms with Crippen molar-refractivity contribution in [1.29, 1.82) is 5.26 Å². The molecule has 7 heteroatoms. The highest BCUT2D eigenvalue weighted by molar-refractivity contribution is 7.85. The lowest BCUT2D eigenvalue weighted by Crippen LogP contribution is -2.06. The maximum absolute atomic E-state index is 11.3. The molecule has 6 nitrogen and oxygen atoms in total. The molecule has 150 valence electrons. The number of oxime groups is 1. The summed E-state index contributed by atoms with van der Waals surface area (Å²) in [5.41, 5.74) is 6.78. The maximum Gasteiger partial charge on any atom is 0.325 e. The van der Waals surface area contributed by atoms with Crippen LogP contribution in [0.2, 0.25) is 0 Å². The fourth-order valence-electron chi connectivity index (χ4n) is 3.80. The van der Waals surface area contributed by atoms with Gasteiger partial charge in [-0.25, -0.2) is 0 Å². The van der Waals surface area contributed by atoms with Crippen LogP contribution in [-0.2, 0) is 20.8 Å². The Hall–Kier alpha value is -3.63. The Morgan fingerprint density at radius 1 is 0.967 bits per heavy atom. The van der Waals surface area contributed by atoms with E-state index in [0.717, 1.165) is 23.8 Å². The summed E-state index contributed by atoms with van der Waals surface area (Å²) < 4.78 is 32.7. The van der Waals surface area contributed by atoms with Crippen molar-refractivity contribution in [3.05, 3.63) is 77.4 Å². The first kappa shape index (κ1) is 19.7. The Bertz CT molecular complexity index is 1320. The number of para-hydroxylation sites is 1. The number of benzene rings is 3. The van der Waals surface area contributed by atoms with Crippen molar-refractivity contribution in [3.8, 4) is 34.1 Å². The van der Waals surface area contributed by atoms with Gasteiger partial charge in [-0.1, -0.05) is 59.8 Å². The van der Waals surface area contributed by atoms with E-state index in [-0.39, 0.29) is 5.71 Å². The molecule has 0 saturated carbocycles. The van der Waals surface area contributed by atoms with Gasteiger partial charge in [0.05, 0.1) is 18.9 Å². The van der Waals surface area contributed by atoms with E-state index in [4.69, 9.17) is 4.74 Å². The van der Waals surface area contributed by atoms with Crippen molar-refractivity contribution in [2.45, 2.75) is 6.42 Å². The van der Waals surface area contributed by atoms with Crippen LogP contribution in [0.25, 0.3) is 22.3 Å². The second kappa shape index (κ2) is 7.65. The molecule has 4 rings (SSSR count). The lowest BCUT2D eigenvalue weighted by atomic mass is 9.93. The summed E-state index contributed by atoms with van der Waals surface area (Å²) in [4.78, 5) is 0. The van der Waals surface area contributed by atoms with Crippen LogP contribution in [0.4, 0.5) is 0 Å². The van der Waals surface area contributed by atoms with Crippen molar-refractivity contribution >= 4 is 15.8 Å². The minimum atomic E-state index is -3.84. The smallest absolute Gasteiger partial charge is 0.325 e. The van der Waals surface area contributed by atoms with Crippen LogP contribution in [0.5, 0.6) is 5.75 Å². The minimum absolute atomic E-state index is 0.185. The van der Waals surface area contributed by atoms with E-state index in [1.54, 1.807) is 12.1 Å². The molecular formula is C23H18N2O4S.